The maximum absolute atomic E-state index is 13.2. The van der Waals surface area contributed by atoms with Crippen LogP contribution in [-0.4, -0.2) is 44.4 Å². The van der Waals surface area contributed by atoms with Crippen molar-refractivity contribution in [2.45, 2.75) is 52.1 Å². The van der Waals surface area contributed by atoms with E-state index >= 15 is 0 Å². The van der Waals surface area contributed by atoms with Gasteiger partial charge in [0.25, 0.3) is 5.91 Å². The Bertz CT molecular complexity index is 1030. The normalized spacial score (nSPS) is 25.7. The van der Waals surface area contributed by atoms with Crippen LogP contribution in [0.5, 0.6) is 0 Å². The number of carbonyl (C=O) groups excluding carboxylic acids is 3. The van der Waals surface area contributed by atoms with Crippen LogP contribution >= 0.6 is 0 Å². The molecule has 1 spiro atoms. The van der Waals surface area contributed by atoms with Gasteiger partial charge in [-0.3, -0.25) is 14.5 Å². The molecule has 8 heteroatoms. The molecule has 160 valence electrons. The molecule has 4 amide bonds. The van der Waals surface area contributed by atoms with Gasteiger partial charge in [0, 0.05) is 7.05 Å². The summed E-state index contributed by atoms with van der Waals surface area (Å²) in [6.45, 7) is 6.29. The van der Waals surface area contributed by atoms with Crippen LogP contribution in [0.15, 0.2) is 24.3 Å². The molecule has 0 radical (unpaired) electrons. The highest BCUT2D eigenvalue weighted by Gasteiger charge is 2.56. The fraction of sp³-hybridized carbons (Fsp3) is 0.545. The predicted molar refractivity (Wildman–Crippen MR) is 112 cm³/mol. The summed E-state index contributed by atoms with van der Waals surface area (Å²) in [5.74, 6) is 0.362. The zero-order valence-corrected chi connectivity index (χ0v) is 18.0. The van der Waals surface area contributed by atoms with Crippen molar-refractivity contribution in [1.82, 2.24) is 25.1 Å². The molecule has 1 aromatic heterocycles. The number of aryl methyl sites for hydroxylation is 1. The maximum atomic E-state index is 13.2. The second kappa shape index (κ2) is 7.11. The molecule has 0 unspecified atom stereocenters. The molecule has 1 saturated heterocycles. The number of nitrogens with zero attached hydrogens (tertiary/aromatic N) is 3. The molecule has 30 heavy (non-hydrogen) atoms. The Hall–Kier alpha value is -2.90. The van der Waals surface area contributed by atoms with E-state index in [0.717, 1.165) is 22.4 Å². The Kier molecular flexibility index (Phi) is 4.83. The summed E-state index contributed by atoms with van der Waals surface area (Å²) in [7, 11) is 1.89. The standard InChI is InChI=1S/C22H29N5O3/c1-14-9-21(2,3)13-22(10-14)19(29)27(20(30)25-22)12-18(28)23-11-17-24-15-7-5-6-8-16(15)26(17)4/h5-8,14H,9-13H2,1-4H3,(H,23,28)(H,25,30)/t14-,22-/m0/s1. The minimum absolute atomic E-state index is 0.0426. The zero-order valence-electron chi connectivity index (χ0n) is 18.0. The molecule has 1 saturated carbocycles. The summed E-state index contributed by atoms with van der Waals surface area (Å²) in [5, 5.41) is 5.69. The van der Waals surface area contributed by atoms with E-state index in [2.05, 4.69) is 36.4 Å². The van der Waals surface area contributed by atoms with Gasteiger partial charge in [-0.05, 0) is 42.7 Å². The summed E-state index contributed by atoms with van der Waals surface area (Å²) in [4.78, 5) is 43.8. The lowest BCUT2D eigenvalue weighted by Gasteiger charge is -2.43. The third kappa shape index (κ3) is 3.55. The van der Waals surface area contributed by atoms with E-state index in [4.69, 9.17) is 0 Å². The maximum Gasteiger partial charge on any atom is 0.325 e. The number of nitrogens with one attached hydrogen (secondary N) is 2. The number of urea groups is 1. The van der Waals surface area contributed by atoms with Crippen molar-refractivity contribution in [3.8, 4) is 0 Å². The number of benzene rings is 1. The summed E-state index contributed by atoms with van der Waals surface area (Å²) in [6, 6.07) is 7.25. The minimum Gasteiger partial charge on any atom is -0.347 e. The van der Waals surface area contributed by atoms with Crippen LogP contribution in [0.25, 0.3) is 11.0 Å². The van der Waals surface area contributed by atoms with Crippen LogP contribution in [-0.2, 0) is 23.2 Å². The first-order valence-electron chi connectivity index (χ1n) is 10.4. The highest BCUT2D eigenvalue weighted by Crippen LogP contribution is 2.46. The highest BCUT2D eigenvalue weighted by atomic mass is 16.2. The smallest absolute Gasteiger partial charge is 0.325 e. The molecule has 2 atom stereocenters. The monoisotopic (exact) mass is 411 g/mol. The van der Waals surface area contributed by atoms with Crippen molar-refractivity contribution in [2.24, 2.45) is 18.4 Å². The van der Waals surface area contributed by atoms with Gasteiger partial charge in [0.1, 0.15) is 17.9 Å². The van der Waals surface area contributed by atoms with E-state index in [0.29, 0.717) is 24.6 Å². The highest BCUT2D eigenvalue weighted by molar-refractivity contribution is 6.09. The molecule has 1 aliphatic carbocycles. The molecular formula is C22H29N5O3. The van der Waals surface area contributed by atoms with Gasteiger partial charge in [-0.2, -0.15) is 0 Å². The predicted octanol–water partition coefficient (Wildman–Crippen LogP) is 2.33. The first-order valence-corrected chi connectivity index (χ1v) is 10.4. The number of imide groups is 1. The molecule has 1 aromatic carbocycles. The number of hydrogen-bond acceptors (Lipinski definition) is 4. The van der Waals surface area contributed by atoms with Crippen LogP contribution < -0.4 is 10.6 Å². The quantitative estimate of drug-likeness (QED) is 0.755. The molecule has 2 fully saturated rings. The topological polar surface area (TPSA) is 96.3 Å². The van der Waals surface area contributed by atoms with Crippen LogP contribution in [0.3, 0.4) is 0 Å². The van der Waals surface area contributed by atoms with Gasteiger partial charge in [-0.15, -0.1) is 0 Å². The Labute approximate surface area is 176 Å². The number of carbonyl (C=O) groups is 3. The van der Waals surface area contributed by atoms with Crippen molar-refractivity contribution in [3.05, 3.63) is 30.1 Å². The molecule has 2 aliphatic rings. The molecule has 0 bridgehead atoms. The molecular weight excluding hydrogens is 382 g/mol. The SMILES string of the molecule is C[C@H]1CC(C)(C)C[C@]2(C1)NC(=O)N(CC(=O)NCc1nc3ccccc3n1C)C2=O. The van der Waals surface area contributed by atoms with Crippen LogP contribution in [0.2, 0.25) is 0 Å². The lowest BCUT2D eigenvalue weighted by Crippen LogP contribution is -2.54. The number of amides is 4. The average Bonchev–Trinajstić information content (AvgIpc) is 3.08. The molecule has 4 rings (SSSR count). The molecule has 2 aromatic rings. The van der Waals surface area contributed by atoms with Crippen molar-refractivity contribution in [2.75, 3.05) is 6.54 Å². The van der Waals surface area contributed by atoms with Gasteiger partial charge < -0.3 is 15.2 Å². The van der Waals surface area contributed by atoms with E-state index in [1.54, 1.807) is 0 Å². The van der Waals surface area contributed by atoms with Gasteiger partial charge in [0.2, 0.25) is 5.91 Å². The molecule has 2 N–H and O–H groups in total. The van der Waals surface area contributed by atoms with Gasteiger partial charge >= 0.3 is 6.03 Å². The Morgan fingerprint density at radius 2 is 2.00 bits per heavy atom. The van der Waals surface area contributed by atoms with E-state index < -0.39 is 11.6 Å². The van der Waals surface area contributed by atoms with Crippen LogP contribution in [0.4, 0.5) is 4.79 Å². The lowest BCUT2D eigenvalue weighted by molar-refractivity contribution is -0.137. The summed E-state index contributed by atoms with van der Waals surface area (Å²) < 4.78 is 1.92. The van der Waals surface area contributed by atoms with E-state index in [1.807, 2.05) is 35.9 Å². The number of imidazole rings is 1. The van der Waals surface area contributed by atoms with E-state index in [1.165, 1.54) is 0 Å². The van der Waals surface area contributed by atoms with Crippen LogP contribution in [0.1, 0.15) is 45.9 Å². The first-order chi connectivity index (χ1) is 14.1. The molecule has 2 heterocycles. The van der Waals surface area contributed by atoms with Gasteiger partial charge in [-0.25, -0.2) is 9.78 Å². The number of para-hydroxylation sites is 2. The van der Waals surface area contributed by atoms with Gasteiger partial charge in [0.05, 0.1) is 17.6 Å². The summed E-state index contributed by atoms with van der Waals surface area (Å²) >= 11 is 0. The first kappa shape index (κ1) is 20.4. The fourth-order valence-electron chi connectivity index (χ4n) is 5.38. The number of rotatable bonds is 4. The summed E-state index contributed by atoms with van der Waals surface area (Å²) in [6.07, 6.45) is 2.21. The number of hydrogen-bond donors (Lipinski definition) is 2. The Morgan fingerprint density at radius 3 is 2.70 bits per heavy atom. The third-order valence-corrected chi connectivity index (χ3v) is 6.25. The van der Waals surface area contributed by atoms with Crippen molar-refractivity contribution in [3.63, 3.8) is 0 Å². The van der Waals surface area contributed by atoms with Crippen molar-refractivity contribution in [1.29, 1.82) is 0 Å². The van der Waals surface area contributed by atoms with Gasteiger partial charge in [0.15, 0.2) is 0 Å². The van der Waals surface area contributed by atoms with E-state index in [-0.39, 0.29) is 30.3 Å². The number of fused-ring (bicyclic) bond motifs is 1. The fourth-order valence-corrected chi connectivity index (χ4v) is 5.38. The number of aromatic nitrogens is 2. The minimum atomic E-state index is -0.893. The zero-order chi connectivity index (χ0) is 21.7. The lowest BCUT2D eigenvalue weighted by atomic mass is 9.64. The Morgan fingerprint density at radius 1 is 1.27 bits per heavy atom. The van der Waals surface area contributed by atoms with Crippen molar-refractivity contribution < 1.29 is 14.4 Å². The third-order valence-electron chi connectivity index (χ3n) is 6.25. The summed E-state index contributed by atoms with van der Waals surface area (Å²) in [5.41, 5.74) is 0.899. The van der Waals surface area contributed by atoms with Crippen LogP contribution in [0, 0.1) is 11.3 Å². The second-order valence-corrected chi connectivity index (χ2v) is 9.61. The molecule has 1 aliphatic heterocycles. The second-order valence-electron chi connectivity index (χ2n) is 9.61. The van der Waals surface area contributed by atoms with Gasteiger partial charge in [-0.1, -0.05) is 32.9 Å². The largest absolute Gasteiger partial charge is 0.347 e. The Balaban J connectivity index is 1.42. The average molecular weight is 412 g/mol. The van der Waals surface area contributed by atoms with E-state index in [9.17, 15) is 14.4 Å². The van der Waals surface area contributed by atoms with Crippen molar-refractivity contribution >= 4 is 28.9 Å². The molecule has 8 nitrogen and oxygen atoms in total.